The van der Waals surface area contributed by atoms with Crippen molar-refractivity contribution in [2.45, 2.75) is 24.8 Å². The lowest BCUT2D eigenvalue weighted by Gasteiger charge is -2.52. The molecule has 2 aliphatic rings. The predicted molar refractivity (Wildman–Crippen MR) is 56.6 cm³/mol. The van der Waals surface area contributed by atoms with E-state index in [2.05, 4.69) is 17.3 Å². The highest BCUT2D eigenvalue weighted by Crippen LogP contribution is 2.29. The largest absolute Gasteiger partial charge is 0.313 e. The first kappa shape index (κ1) is 12.5. The van der Waals surface area contributed by atoms with Gasteiger partial charge in [0.05, 0.1) is 0 Å². The summed E-state index contributed by atoms with van der Waals surface area (Å²) >= 11 is 0. The molecule has 2 saturated heterocycles. The Morgan fingerprint density at radius 2 is 1.83 bits per heavy atom. The summed E-state index contributed by atoms with van der Waals surface area (Å²) in [5.74, 6) is 0. The number of rotatable bonds is 0. The number of hydrogen-bond acceptors (Lipinski definition) is 2. The van der Waals surface area contributed by atoms with Crippen LogP contribution >= 0.6 is 24.8 Å². The van der Waals surface area contributed by atoms with Crippen molar-refractivity contribution < 1.29 is 0 Å². The van der Waals surface area contributed by atoms with Crippen LogP contribution in [0, 0.1) is 0 Å². The molecular weight excluding hydrogens is 195 g/mol. The Bertz CT molecular complexity index is 137. The smallest absolute Gasteiger partial charge is 0.0455 e. The highest BCUT2D eigenvalue weighted by molar-refractivity contribution is 5.85. The Morgan fingerprint density at radius 3 is 2.17 bits per heavy atom. The third kappa shape index (κ3) is 1.87. The Labute approximate surface area is 86.9 Å². The van der Waals surface area contributed by atoms with Crippen molar-refractivity contribution in [2.24, 2.45) is 0 Å². The van der Waals surface area contributed by atoms with Gasteiger partial charge in [-0.25, -0.2) is 0 Å². The van der Waals surface area contributed by atoms with E-state index in [0.717, 1.165) is 0 Å². The molecule has 2 heterocycles. The number of likely N-dealkylation sites (N-methyl/N-ethyl adjacent to an activating group) is 1. The highest BCUT2D eigenvalue weighted by Gasteiger charge is 2.41. The normalized spacial score (nSPS) is 26.8. The third-order valence-corrected chi connectivity index (χ3v) is 3.10. The van der Waals surface area contributed by atoms with Gasteiger partial charge in [0.1, 0.15) is 0 Å². The van der Waals surface area contributed by atoms with Crippen LogP contribution in [0.3, 0.4) is 0 Å². The van der Waals surface area contributed by atoms with Crippen molar-refractivity contribution in [3.8, 4) is 0 Å². The van der Waals surface area contributed by atoms with E-state index in [4.69, 9.17) is 0 Å². The molecule has 0 atom stereocenters. The molecule has 0 bridgehead atoms. The van der Waals surface area contributed by atoms with Crippen molar-refractivity contribution in [1.82, 2.24) is 10.2 Å². The number of piperidine rings is 1. The fraction of sp³-hybridized carbons (Fsp3) is 1.00. The first-order chi connectivity index (χ1) is 4.83. The quantitative estimate of drug-likeness (QED) is 0.652. The van der Waals surface area contributed by atoms with Gasteiger partial charge in [-0.15, -0.1) is 24.8 Å². The van der Waals surface area contributed by atoms with Crippen LogP contribution in [0.4, 0.5) is 0 Å². The molecule has 12 heavy (non-hydrogen) atoms. The molecule has 0 saturated carbocycles. The topological polar surface area (TPSA) is 15.3 Å². The van der Waals surface area contributed by atoms with Crippen LogP contribution in [0.1, 0.15) is 19.3 Å². The first-order valence-corrected chi connectivity index (χ1v) is 4.25. The van der Waals surface area contributed by atoms with E-state index in [1.807, 2.05) is 0 Å². The average molecular weight is 213 g/mol. The Hall–Kier alpha value is 0.500. The van der Waals surface area contributed by atoms with Crippen LogP contribution in [0.5, 0.6) is 0 Å². The molecular formula is C8H18Cl2N2. The van der Waals surface area contributed by atoms with Crippen molar-refractivity contribution in [3.63, 3.8) is 0 Å². The van der Waals surface area contributed by atoms with Gasteiger partial charge in [0.2, 0.25) is 0 Å². The number of halogens is 2. The van der Waals surface area contributed by atoms with Gasteiger partial charge in [-0.05, 0) is 26.4 Å². The maximum atomic E-state index is 3.36. The molecule has 4 heteroatoms. The van der Waals surface area contributed by atoms with Crippen LogP contribution in [0.25, 0.3) is 0 Å². The van der Waals surface area contributed by atoms with E-state index in [-0.39, 0.29) is 24.8 Å². The third-order valence-electron chi connectivity index (χ3n) is 3.10. The molecule has 2 rings (SSSR count). The van der Waals surface area contributed by atoms with E-state index < -0.39 is 0 Å². The molecule has 0 radical (unpaired) electrons. The van der Waals surface area contributed by atoms with Gasteiger partial charge in [-0.1, -0.05) is 6.42 Å². The maximum absolute atomic E-state index is 3.36. The van der Waals surface area contributed by atoms with Gasteiger partial charge in [0.15, 0.2) is 0 Å². The van der Waals surface area contributed by atoms with E-state index >= 15 is 0 Å². The molecule has 74 valence electrons. The van der Waals surface area contributed by atoms with Gasteiger partial charge in [-0.2, -0.15) is 0 Å². The monoisotopic (exact) mass is 212 g/mol. The summed E-state index contributed by atoms with van der Waals surface area (Å²) in [6.07, 6.45) is 4.25. The molecule has 0 aromatic carbocycles. The van der Waals surface area contributed by atoms with E-state index in [9.17, 15) is 0 Å². The summed E-state index contributed by atoms with van der Waals surface area (Å²) in [5, 5.41) is 3.36. The Morgan fingerprint density at radius 1 is 1.17 bits per heavy atom. The SMILES string of the molecule is CN1CCCCC12CNC2.Cl.Cl. The molecule has 0 aliphatic carbocycles. The average Bonchev–Trinajstić information content (AvgIpc) is 1.85. The summed E-state index contributed by atoms with van der Waals surface area (Å²) in [7, 11) is 2.26. The molecule has 2 aliphatic heterocycles. The Balaban J connectivity index is 0.000000605. The zero-order chi connectivity index (χ0) is 7.03. The number of likely N-dealkylation sites (tertiary alicyclic amines) is 1. The Kier molecular flexibility index (Phi) is 4.85. The second-order valence-electron chi connectivity index (χ2n) is 3.71. The van der Waals surface area contributed by atoms with Gasteiger partial charge >= 0.3 is 0 Å². The lowest BCUT2D eigenvalue weighted by atomic mass is 9.82. The van der Waals surface area contributed by atoms with Gasteiger partial charge in [0.25, 0.3) is 0 Å². The first-order valence-electron chi connectivity index (χ1n) is 4.25. The van der Waals surface area contributed by atoms with Crippen LogP contribution in [-0.4, -0.2) is 37.1 Å². The molecule has 0 unspecified atom stereocenters. The van der Waals surface area contributed by atoms with Crippen LogP contribution in [0.15, 0.2) is 0 Å². The molecule has 0 aromatic heterocycles. The second-order valence-corrected chi connectivity index (χ2v) is 3.71. The lowest BCUT2D eigenvalue weighted by molar-refractivity contribution is 0.0255. The molecule has 1 N–H and O–H groups in total. The number of nitrogens with one attached hydrogen (secondary N) is 1. The minimum Gasteiger partial charge on any atom is -0.313 e. The zero-order valence-corrected chi connectivity index (χ0v) is 9.14. The summed E-state index contributed by atoms with van der Waals surface area (Å²) in [6.45, 7) is 3.76. The summed E-state index contributed by atoms with van der Waals surface area (Å²) < 4.78 is 0. The summed E-state index contributed by atoms with van der Waals surface area (Å²) in [6, 6.07) is 0. The lowest BCUT2D eigenvalue weighted by Crippen LogP contribution is -2.69. The van der Waals surface area contributed by atoms with E-state index in [1.165, 1.54) is 38.9 Å². The standard InChI is InChI=1S/C8H16N2.2ClH/c1-10-5-3-2-4-8(10)6-9-7-8;;/h9H,2-7H2,1H3;2*1H. The summed E-state index contributed by atoms with van der Waals surface area (Å²) in [4.78, 5) is 2.53. The fourth-order valence-corrected chi connectivity index (χ4v) is 2.09. The van der Waals surface area contributed by atoms with E-state index in [0.29, 0.717) is 5.54 Å². The molecule has 0 aromatic rings. The molecule has 2 nitrogen and oxygen atoms in total. The van der Waals surface area contributed by atoms with Crippen LogP contribution < -0.4 is 5.32 Å². The van der Waals surface area contributed by atoms with Crippen molar-refractivity contribution in [3.05, 3.63) is 0 Å². The number of nitrogens with zero attached hydrogens (tertiary/aromatic N) is 1. The maximum Gasteiger partial charge on any atom is 0.0455 e. The zero-order valence-electron chi connectivity index (χ0n) is 7.51. The van der Waals surface area contributed by atoms with Crippen LogP contribution in [0.2, 0.25) is 0 Å². The number of hydrogen-bond donors (Lipinski definition) is 1. The minimum atomic E-state index is 0. The van der Waals surface area contributed by atoms with Gasteiger partial charge < -0.3 is 5.32 Å². The molecule has 0 amide bonds. The molecule has 1 spiro atoms. The van der Waals surface area contributed by atoms with E-state index in [1.54, 1.807) is 0 Å². The minimum absolute atomic E-state index is 0. The fourth-order valence-electron chi connectivity index (χ4n) is 2.09. The van der Waals surface area contributed by atoms with Gasteiger partial charge in [-0.3, -0.25) is 4.90 Å². The van der Waals surface area contributed by atoms with Crippen LogP contribution in [-0.2, 0) is 0 Å². The second kappa shape index (κ2) is 4.66. The summed E-state index contributed by atoms with van der Waals surface area (Å²) in [5.41, 5.74) is 0.582. The molecule has 2 fully saturated rings. The van der Waals surface area contributed by atoms with Crippen molar-refractivity contribution in [1.29, 1.82) is 0 Å². The van der Waals surface area contributed by atoms with Crippen molar-refractivity contribution >= 4 is 24.8 Å². The predicted octanol–water partition coefficient (Wildman–Crippen LogP) is 1.29. The van der Waals surface area contributed by atoms with Crippen molar-refractivity contribution in [2.75, 3.05) is 26.7 Å². The highest BCUT2D eigenvalue weighted by atomic mass is 35.5. The van der Waals surface area contributed by atoms with Gasteiger partial charge in [0, 0.05) is 18.6 Å².